The van der Waals surface area contributed by atoms with Crippen LogP contribution < -0.4 is 5.32 Å². The summed E-state index contributed by atoms with van der Waals surface area (Å²) in [6, 6.07) is 0. The molecule has 2 amide bonds. The van der Waals surface area contributed by atoms with Gasteiger partial charge in [-0.25, -0.2) is 4.98 Å². The highest BCUT2D eigenvalue weighted by Gasteiger charge is 2.33. The Bertz CT molecular complexity index is 586. The molecule has 1 N–H and O–H groups in total. The number of hydrogen-bond donors (Lipinski definition) is 1. The van der Waals surface area contributed by atoms with E-state index < -0.39 is 0 Å². The SMILES string of the molecule is CCOCCCNC(=O)c1coc(CN(CCCOCC)C(=O)C2CC2)n1. The molecule has 27 heavy (non-hydrogen) atoms. The molecule has 0 saturated heterocycles. The summed E-state index contributed by atoms with van der Waals surface area (Å²) in [7, 11) is 0. The first kappa shape index (κ1) is 21.4. The molecule has 8 heteroatoms. The largest absolute Gasteiger partial charge is 0.446 e. The van der Waals surface area contributed by atoms with Gasteiger partial charge in [-0.3, -0.25) is 9.59 Å². The van der Waals surface area contributed by atoms with Crippen molar-refractivity contribution in [3.05, 3.63) is 17.8 Å². The highest BCUT2D eigenvalue weighted by Crippen LogP contribution is 2.31. The first-order valence-corrected chi connectivity index (χ1v) is 9.82. The third-order valence-electron chi connectivity index (χ3n) is 4.22. The van der Waals surface area contributed by atoms with Gasteiger partial charge in [0.15, 0.2) is 5.69 Å². The molecule has 1 aliphatic carbocycles. The smallest absolute Gasteiger partial charge is 0.273 e. The van der Waals surface area contributed by atoms with Crippen molar-refractivity contribution >= 4 is 11.8 Å². The lowest BCUT2D eigenvalue weighted by Crippen LogP contribution is -2.33. The van der Waals surface area contributed by atoms with Crippen molar-refractivity contribution in [3.8, 4) is 0 Å². The predicted molar refractivity (Wildman–Crippen MR) is 99.2 cm³/mol. The Labute approximate surface area is 160 Å². The number of ether oxygens (including phenoxy) is 2. The molecule has 0 atom stereocenters. The minimum absolute atomic E-state index is 0.125. The van der Waals surface area contributed by atoms with E-state index in [9.17, 15) is 9.59 Å². The van der Waals surface area contributed by atoms with Crippen molar-refractivity contribution in [2.75, 3.05) is 39.5 Å². The van der Waals surface area contributed by atoms with E-state index in [1.807, 2.05) is 13.8 Å². The van der Waals surface area contributed by atoms with Gasteiger partial charge in [-0.15, -0.1) is 0 Å². The average Bonchev–Trinajstić information content (AvgIpc) is 3.42. The van der Waals surface area contributed by atoms with Crippen LogP contribution in [0.5, 0.6) is 0 Å². The van der Waals surface area contributed by atoms with Crippen LogP contribution >= 0.6 is 0 Å². The van der Waals surface area contributed by atoms with E-state index in [4.69, 9.17) is 13.9 Å². The zero-order chi connectivity index (χ0) is 19.5. The van der Waals surface area contributed by atoms with E-state index in [0.29, 0.717) is 45.4 Å². The normalized spacial score (nSPS) is 13.6. The number of aromatic nitrogens is 1. The number of rotatable bonds is 14. The van der Waals surface area contributed by atoms with E-state index in [-0.39, 0.29) is 30.0 Å². The standard InChI is InChI=1S/C19H31N3O5/c1-3-25-11-5-9-20-18(23)16-14-27-17(21-16)13-22(10-6-12-26-4-2)19(24)15-7-8-15/h14-15H,3-13H2,1-2H3,(H,20,23). The van der Waals surface area contributed by atoms with Gasteiger partial charge >= 0.3 is 0 Å². The van der Waals surface area contributed by atoms with E-state index in [1.54, 1.807) is 4.90 Å². The third kappa shape index (κ3) is 7.68. The Morgan fingerprint density at radius 3 is 2.59 bits per heavy atom. The monoisotopic (exact) mass is 381 g/mol. The molecule has 1 fully saturated rings. The van der Waals surface area contributed by atoms with Crippen molar-refractivity contribution in [3.63, 3.8) is 0 Å². The molecule has 0 bridgehead atoms. The number of nitrogens with one attached hydrogen (secondary N) is 1. The molecule has 1 aromatic heterocycles. The minimum atomic E-state index is -0.280. The van der Waals surface area contributed by atoms with E-state index >= 15 is 0 Å². The third-order valence-corrected chi connectivity index (χ3v) is 4.22. The maximum absolute atomic E-state index is 12.5. The topological polar surface area (TPSA) is 93.9 Å². The summed E-state index contributed by atoms with van der Waals surface area (Å²) in [5, 5.41) is 2.79. The molecule has 0 radical (unpaired) electrons. The van der Waals surface area contributed by atoms with Gasteiger partial charge in [-0.2, -0.15) is 0 Å². The van der Waals surface area contributed by atoms with Crippen LogP contribution in [-0.4, -0.2) is 61.2 Å². The second-order valence-electron chi connectivity index (χ2n) is 6.52. The molecular weight excluding hydrogens is 350 g/mol. The number of carbonyl (C=O) groups is 2. The molecule has 1 heterocycles. The second kappa shape index (κ2) is 11.7. The summed E-state index contributed by atoms with van der Waals surface area (Å²) >= 11 is 0. The second-order valence-corrected chi connectivity index (χ2v) is 6.52. The highest BCUT2D eigenvalue weighted by atomic mass is 16.5. The summed E-state index contributed by atoms with van der Waals surface area (Å²) in [5.74, 6) is 0.351. The lowest BCUT2D eigenvalue weighted by molar-refractivity contribution is -0.133. The zero-order valence-corrected chi connectivity index (χ0v) is 16.4. The Hall–Kier alpha value is -1.93. The van der Waals surface area contributed by atoms with E-state index in [2.05, 4.69) is 10.3 Å². The maximum Gasteiger partial charge on any atom is 0.273 e. The van der Waals surface area contributed by atoms with E-state index in [1.165, 1.54) is 6.26 Å². The molecule has 0 aliphatic heterocycles. The Kier molecular flexibility index (Phi) is 9.27. The average molecular weight is 381 g/mol. The van der Waals surface area contributed by atoms with Gasteiger partial charge < -0.3 is 24.1 Å². The minimum Gasteiger partial charge on any atom is -0.446 e. The quantitative estimate of drug-likeness (QED) is 0.495. The molecule has 0 spiro atoms. The van der Waals surface area contributed by atoms with Gasteiger partial charge in [0.2, 0.25) is 11.8 Å². The lowest BCUT2D eigenvalue weighted by atomic mass is 10.3. The Balaban J connectivity index is 1.82. The molecule has 1 aliphatic rings. The first-order chi connectivity index (χ1) is 13.2. The van der Waals surface area contributed by atoms with Gasteiger partial charge in [0.05, 0.1) is 6.54 Å². The summed E-state index contributed by atoms with van der Waals surface area (Å²) in [4.78, 5) is 30.6. The van der Waals surface area contributed by atoms with Gasteiger partial charge in [-0.1, -0.05) is 0 Å². The highest BCUT2D eigenvalue weighted by molar-refractivity contribution is 5.91. The van der Waals surface area contributed by atoms with Crippen LogP contribution in [0, 0.1) is 5.92 Å². The summed E-state index contributed by atoms with van der Waals surface area (Å²) in [5.41, 5.74) is 0.231. The van der Waals surface area contributed by atoms with Crippen LogP contribution in [0.1, 0.15) is 55.9 Å². The van der Waals surface area contributed by atoms with Crippen LogP contribution in [0.15, 0.2) is 10.7 Å². The summed E-state index contributed by atoms with van der Waals surface area (Å²) < 4.78 is 16.0. The Morgan fingerprint density at radius 2 is 1.93 bits per heavy atom. The molecule has 1 aromatic rings. The Morgan fingerprint density at radius 1 is 1.22 bits per heavy atom. The van der Waals surface area contributed by atoms with Crippen molar-refractivity contribution in [2.45, 2.75) is 46.1 Å². The molecule has 0 unspecified atom stereocenters. The number of hydrogen-bond acceptors (Lipinski definition) is 6. The van der Waals surface area contributed by atoms with Crippen LogP contribution in [0.2, 0.25) is 0 Å². The number of oxazole rings is 1. The van der Waals surface area contributed by atoms with Gasteiger partial charge in [-0.05, 0) is 39.5 Å². The molecule has 0 aromatic carbocycles. The molecule has 2 rings (SSSR count). The number of amides is 2. The first-order valence-electron chi connectivity index (χ1n) is 9.82. The maximum atomic E-state index is 12.5. The summed E-state index contributed by atoms with van der Waals surface area (Å²) in [6.45, 7) is 7.83. The van der Waals surface area contributed by atoms with E-state index in [0.717, 1.165) is 25.7 Å². The van der Waals surface area contributed by atoms with Crippen molar-refractivity contribution in [2.24, 2.45) is 5.92 Å². The molecular formula is C19H31N3O5. The number of carbonyl (C=O) groups excluding carboxylic acids is 2. The lowest BCUT2D eigenvalue weighted by Gasteiger charge is -2.21. The fourth-order valence-corrected chi connectivity index (χ4v) is 2.62. The molecule has 1 saturated carbocycles. The van der Waals surface area contributed by atoms with Crippen molar-refractivity contribution in [1.82, 2.24) is 15.2 Å². The number of nitrogens with zero attached hydrogens (tertiary/aromatic N) is 2. The van der Waals surface area contributed by atoms with Crippen LogP contribution in [-0.2, 0) is 20.8 Å². The van der Waals surface area contributed by atoms with Crippen molar-refractivity contribution < 1.29 is 23.5 Å². The predicted octanol–water partition coefficient (Wildman–Crippen LogP) is 2.00. The van der Waals surface area contributed by atoms with Gasteiger partial charge in [0.25, 0.3) is 5.91 Å². The van der Waals surface area contributed by atoms with Crippen molar-refractivity contribution in [1.29, 1.82) is 0 Å². The zero-order valence-electron chi connectivity index (χ0n) is 16.4. The van der Waals surface area contributed by atoms with Gasteiger partial charge in [0.1, 0.15) is 6.26 Å². The van der Waals surface area contributed by atoms with Gasteiger partial charge in [0, 0.05) is 45.4 Å². The van der Waals surface area contributed by atoms with Crippen LogP contribution in [0.3, 0.4) is 0 Å². The molecule has 8 nitrogen and oxygen atoms in total. The van der Waals surface area contributed by atoms with Crippen LogP contribution in [0.4, 0.5) is 0 Å². The molecule has 152 valence electrons. The summed E-state index contributed by atoms with van der Waals surface area (Å²) in [6.07, 6.45) is 4.74. The van der Waals surface area contributed by atoms with Crippen LogP contribution in [0.25, 0.3) is 0 Å². The fourth-order valence-electron chi connectivity index (χ4n) is 2.62. The fraction of sp³-hybridized carbons (Fsp3) is 0.737.